The van der Waals surface area contributed by atoms with E-state index < -0.39 is 0 Å². The van der Waals surface area contributed by atoms with Gasteiger partial charge < -0.3 is 9.97 Å². The summed E-state index contributed by atoms with van der Waals surface area (Å²) in [7, 11) is 0. The average molecular weight is 554 g/mol. The maximum Gasteiger partial charge on any atom is 0.0659 e. The number of H-pyrrole nitrogens is 2. The topological polar surface area (TPSA) is 57.4 Å². The van der Waals surface area contributed by atoms with Crippen LogP contribution in [0.4, 0.5) is 0 Å². The van der Waals surface area contributed by atoms with Crippen LogP contribution in [0.2, 0.25) is 0 Å². The smallest absolute Gasteiger partial charge is 0.0659 e. The number of aromatic nitrogens is 4. The molecule has 39 heavy (non-hydrogen) atoms. The monoisotopic (exact) mass is 552 g/mol. The van der Waals surface area contributed by atoms with Crippen molar-refractivity contribution in [3.05, 3.63) is 132 Å². The second kappa shape index (κ2) is 10.6. The number of hydrogen-bond donors (Lipinski definition) is 2. The molecule has 2 aliphatic rings. The van der Waals surface area contributed by atoms with Crippen molar-refractivity contribution in [2.75, 3.05) is 0 Å². The van der Waals surface area contributed by atoms with Crippen molar-refractivity contribution in [1.82, 2.24) is 19.9 Å². The summed E-state index contributed by atoms with van der Waals surface area (Å²) in [6.07, 6.45) is 8.05. The first-order chi connectivity index (χ1) is 18.7. The summed E-state index contributed by atoms with van der Waals surface area (Å²) >= 11 is 0. The molecule has 5 heterocycles. The van der Waals surface area contributed by atoms with Crippen LogP contribution in [0.3, 0.4) is 0 Å². The number of benzene rings is 3. The summed E-state index contributed by atoms with van der Waals surface area (Å²) < 4.78 is 0. The van der Waals surface area contributed by atoms with Crippen LogP contribution in [-0.4, -0.2) is 19.9 Å². The first-order valence-corrected chi connectivity index (χ1v) is 12.7. The first-order valence-electron chi connectivity index (χ1n) is 12.7. The molecule has 2 aliphatic heterocycles. The average Bonchev–Trinajstić information content (AvgIpc) is 3.74. The Kier molecular flexibility index (Phi) is 6.75. The summed E-state index contributed by atoms with van der Waals surface area (Å²) in [5, 5.41) is 5.25. The molecule has 0 saturated carbocycles. The molecule has 0 saturated heterocycles. The van der Waals surface area contributed by atoms with E-state index >= 15 is 0 Å². The van der Waals surface area contributed by atoms with E-state index in [1.807, 2.05) is 42.5 Å². The van der Waals surface area contributed by atoms with Gasteiger partial charge in [-0.05, 0) is 107 Å². The van der Waals surface area contributed by atoms with Crippen molar-refractivity contribution >= 4 is 67.9 Å². The maximum atomic E-state index is 4.62. The zero-order valence-corrected chi connectivity index (χ0v) is 24.3. The minimum Gasteiger partial charge on any atom is -0.355 e. The van der Waals surface area contributed by atoms with Crippen molar-refractivity contribution in [3.63, 3.8) is 0 Å². The van der Waals surface area contributed by atoms with E-state index in [9.17, 15) is 0 Å². The van der Waals surface area contributed by atoms with Gasteiger partial charge in [0.25, 0.3) is 0 Å². The Morgan fingerprint density at radius 3 is 1.08 bits per heavy atom. The Morgan fingerprint density at radius 2 is 0.692 bits per heavy atom. The van der Waals surface area contributed by atoms with Crippen molar-refractivity contribution in [2.24, 2.45) is 0 Å². The number of hydrogen-bond acceptors (Lipinski definition) is 2. The van der Waals surface area contributed by atoms with Gasteiger partial charge in [0.1, 0.15) is 0 Å². The second-order valence-corrected chi connectivity index (χ2v) is 9.45. The van der Waals surface area contributed by atoms with E-state index in [1.54, 1.807) is 0 Å². The Labute approximate surface area is 238 Å². The van der Waals surface area contributed by atoms with Crippen LogP contribution in [0.15, 0.2) is 109 Å². The summed E-state index contributed by atoms with van der Waals surface area (Å²) in [5.41, 5.74) is 7.86. The van der Waals surface area contributed by atoms with Crippen LogP contribution in [-0.2, 0) is 19.5 Å². The molecule has 6 aromatic rings. The van der Waals surface area contributed by atoms with Gasteiger partial charge >= 0.3 is 0 Å². The second-order valence-electron chi connectivity index (χ2n) is 9.45. The van der Waals surface area contributed by atoms with Gasteiger partial charge in [-0.3, -0.25) is 0 Å². The minimum atomic E-state index is 0. The molecule has 2 N–H and O–H groups in total. The van der Waals surface area contributed by atoms with Crippen LogP contribution in [0.1, 0.15) is 22.8 Å². The normalized spacial score (nSPS) is 11.7. The molecule has 3 aromatic heterocycles. The third-order valence-electron chi connectivity index (χ3n) is 6.66. The van der Waals surface area contributed by atoms with Gasteiger partial charge in [-0.2, -0.15) is 0 Å². The largest absolute Gasteiger partial charge is 0.355 e. The van der Waals surface area contributed by atoms with Crippen LogP contribution < -0.4 is 0 Å². The zero-order chi connectivity index (χ0) is 25.3. The first kappa shape index (κ1) is 24.7. The van der Waals surface area contributed by atoms with Crippen molar-refractivity contribution in [1.29, 1.82) is 0 Å². The minimum absolute atomic E-state index is 0. The quantitative estimate of drug-likeness (QED) is 0.146. The van der Waals surface area contributed by atoms with Gasteiger partial charge in [-0.1, -0.05) is 48.5 Å². The Hall–Kier alpha value is -4.60. The van der Waals surface area contributed by atoms with Crippen LogP contribution in [0, 0.1) is 0 Å². The fourth-order valence-electron chi connectivity index (χ4n) is 4.83. The SMILES string of the molecule is C1=Cc2cc3ccc(cc4ccc(cc5nc(cc1n2)C=C5)[nH]4)[nH]3.[Zn].c1ccc2cc3ccccc3cc2c1. The summed E-state index contributed by atoms with van der Waals surface area (Å²) in [6, 6.07) is 37.8. The van der Waals surface area contributed by atoms with Crippen molar-refractivity contribution < 1.29 is 19.5 Å². The molecule has 0 radical (unpaired) electrons. The van der Waals surface area contributed by atoms with Crippen LogP contribution >= 0.6 is 0 Å². The summed E-state index contributed by atoms with van der Waals surface area (Å²) in [4.78, 5) is 16.0. The van der Waals surface area contributed by atoms with E-state index in [2.05, 4.69) is 111 Å². The fraction of sp³-hybridized carbons (Fsp3) is 0. The van der Waals surface area contributed by atoms with Crippen LogP contribution in [0.25, 0.3) is 67.9 Å². The summed E-state index contributed by atoms with van der Waals surface area (Å²) in [5.74, 6) is 0. The number of nitrogens with one attached hydrogen (secondary N) is 2. The molecule has 0 atom stereocenters. The van der Waals surface area contributed by atoms with Gasteiger partial charge in [-0.15, -0.1) is 0 Å². The van der Waals surface area contributed by atoms with Gasteiger partial charge in [0, 0.05) is 41.5 Å². The molecule has 8 rings (SSSR count). The molecule has 0 fully saturated rings. The Balaban J connectivity index is 0.000000158. The van der Waals surface area contributed by atoms with E-state index in [0.717, 1.165) is 44.8 Å². The fourth-order valence-corrected chi connectivity index (χ4v) is 4.83. The molecule has 4 nitrogen and oxygen atoms in total. The van der Waals surface area contributed by atoms with E-state index in [1.165, 1.54) is 21.5 Å². The maximum absolute atomic E-state index is 4.62. The summed E-state index contributed by atoms with van der Waals surface area (Å²) in [6.45, 7) is 0. The molecule has 0 spiro atoms. The number of fused-ring (bicyclic) bond motifs is 10. The molecule has 182 valence electrons. The van der Waals surface area contributed by atoms with E-state index in [-0.39, 0.29) is 19.5 Å². The molecule has 0 aliphatic carbocycles. The zero-order valence-electron chi connectivity index (χ0n) is 21.3. The number of nitrogens with zero attached hydrogens (tertiary/aromatic N) is 2. The number of aromatic amines is 2. The van der Waals surface area contributed by atoms with Gasteiger partial charge in [0.05, 0.1) is 22.8 Å². The Morgan fingerprint density at radius 1 is 0.359 bits per heavy atom. The third kappa shape index (κ3) is 5.50. The van der Waals surface area contributed by atoms with Gasteiger partial charge in [-0.25, -0.2) is 9.97 Å². The van der Waals surface area contributed by atoms with Crippen molar-refractivity contribution in [3.8, 4) is 0 Å². The molecule has 3 aromatic carbocycles. The predicted octanol–water partition coefficient (Wildman–Crippen LogP) is 8.65. The predicted molar refractivity (Wildman–Crippen MR) is 160 cm³/mol. The molecular weight excluding hydrogens is 530 g/mol. The Bertz CT molecular complexity index is 1850. The number of rotatable bonds is 0. The molecule has 0 amide bonds. The van der Waals surface area contributed by atoms with Crippen molar-refractivity contribution in [2.45, 2.75) is 0 Å². The van der Waals surface area contributed by atoms with Gasteiger partial charge in [0.2, 0.25) is 0 Å². The molecular formula is C34H24N4Zn. The van der Waals surface area contributed by atoms with E-state index in [0.29, 0.717) is 0 Å². The van der Waals surface area contributed by atoms with Crippen LogP contribution in [0.5, 0.6) is 0 Å². The molecule has 0 unspecified atom stereocenters. The standard InChI is InChI=1S/C20H14N4.C14H10.Zn/c1-2-14-10-16-5-6-18(23-16)12-20-8-7-19(24-20)11-17-4-3-15(22-17)9-13(1)21-14;1-2-6-12-10-14-8-4-3-7-13(14)9-11(12)5-1;/h1-12,21-22H;1-10H;. The van der Waals surface area contributed by atoms with Gasteiger partial charge in [0.15, 0.2) is 0 Å². The molecule has 5 heteroatoms. The van der Waals surface area contributed by atoms with E-state index in [4.69, 9.17) is 0 Å². The molecule has 8 bridgehead atoms. The third-order valence-corrected chi connectivity index (χ3v) is 6.66.